The Hall–Kier alpha value is -0.910. The van der Waals surface area contributed by atoms with Gasteiger partial charge in [-0.3, -0.25) is 0 Å². The van der Waals surface area contributed by atoms with E-state index in [0.29, 0.717) is 35.0 Å². The monoisotopic (exact) mass is 313 g/mol. The molecule has 0 atom stereocenters. The maximum Gasteiger partial charge on any atom is 0.243 e. The van der Waals surface area contributed by atoms with Gasteiger partial charge in [0.05, 0.1) is 11.5 Å². The zero-order valence-electron chi connectivity index (χ0n) is 13.5. The third-order valence-electron chi connectivity index (χ3n) is 4.15. The van der Waals surface area contributed by atoms with Gasteiger partial charge in [-0.1, -0.05) is 45.7 Å². The van der Waals surface area contributed by atoms with Crippen LogP contribution >= 0.6 is 0 Å². The SMILES string of the molecule is CCC(CC)CN(CC)S(=O)(=O)c1cccc(CO)c1C. The van der Waals surface area contributed by atoms with Crippen LogP contribution in [0.1, 0.15) is 44.7 Å². The second kappa shape index (κ2) is 7.92. The summed E-state index contributed by atoms with van der Waals surface area (Å²) >= 11 is 0. The average molecular weight is 313 g/mol. The Morgan fingerprint density at radius 1 is 1.19 bits per heavy atom. The van der Waals surface area contributed by atoms with Gasteiger partial charge in [0, 0.05) is 13.1 Å². The van der Waals surface area contributed by atoms with Crippen LogP contribution in [0.25, 0.3) is 0 Å². The summed E-state index contributed by atoms with van der Waals surface area (Å²) in [6.45, 7) is 8.66. The highest BCUT2D eigenvalue weighted by molar-refractivity contribution is 7.89. The van der Waals surface area contributed by atoms with Crippen LogP contribution in [-0.2, 0) is 16.6 Å². The molecule has 0 bridgehead atoms. The van der Waals surface area contributed by atoms with Crippen LogP contribution in [0.3, 0.4) is 0 Å². The Balaban J connectivity index is 3.19. The van der Waals surface area contributed by atoms with Crippen molar-refractivity contribution in [3.63, 3.8) is 0 Å². The first-order valence-electron chi connectivity index (χ1n) is 7.61. The van der Waals surface area contributed by atoms with Crippen molar-refractivity contribution < 1.29 is 13.5 Å². The number of benzene rings is 1. The fraction of sp³-hybridized carbons (Fsp3) is 0.625. The summed E-state index contributed by atoms with van der Waals surface area (Å²) in [4.78, 5) is 0.307. The first-order valence-corrected chi connectivity index (χ1v) is 9.05. The summed E-state index contributed by atoms with van der Waals surface area (Å²) in [6, 6.07) is 5.07. The molecule has 0 aromatic heterocycles. The fourth-order valence-electron chi connectivity index (χ4n) is 2.48. The molecule has 4 nitrogen and oxygen atoms in total. The predicted octanol–water partition coefficient (Wildman–Crippen LogP) is 2.93. The van der Waals surface area contributed by atoms with Crippen LogP contribution in [0, 0.1) is 12.8 Å². The Labute approximate surface area is 128 Å². The van der Waals surface area contributed by atoms with Gasteiger partial charge in [-0.15, -0.1) is 0 Å². The molecule has 1 aromatic rings. The molecule has 1 aromatic carbocycles. The second-order valence-corrected chi connectivity index (χ2v) is 7.24. The van der Waals surface area contributed by atoms with Gasteiger partial charge in [-0.2, -0.15) is 4.31 Å². The highest BCUT2D eigenvalue weighted by Gasteiger charge is 2.27. The summed E-state index contributed by atoms with van der Waals surface area (Å²) in [6.07, 6.45) is 1.94. The van der Waals surface area contributed by atoms with Gasteiger partial charge >= 0.3 is 0 Å². The lowest BCUT2D eigenvalue weighted by molar-refractivity contribution is 0.280. The molecule has 0 aliphatic heterocycles. The molecule has 0 amide bonds. The molecular weight excluding hydrogens is 286 g/mol. The minimum Gasteiger partial charge on any atom is -0.392 e. The minimum atomic E-state index is -3.51. The standard InChI is InChI=1S/C16H27NO3S/c1-5-14(6-2)11-17(7-3)21(19,20)16-10-8-9-15(12-18)13(16)4/h8-10,14,18H,5-7,11-12H2,1-4H3. The van der Waals surface area contributed by atoms with Gasteiger partial charge in [0.15, 0.2) is 0 Å². The third-order valence-corrected chi connectivity index (χ3v) is 6.24. The molecule has 1 N–H and O–H groups in total. The Kier molecular flexibility index (Phi) is 6.84. The molecule has 5 heteroatoms. The summed E-state index contributed by atoms with van der Waals surface area (Å²) < 4.78 is 27.3. The van der Waals surface area contributed by atoms with E-state index in [-0.39, 0.29) is 6.61 Å². The molecule has 0 fully saturated rings. The van der Waals surface area contributed by atoms with E-state index in [4.69, 9.17) is 0 Å². The van der Waals surface area contributed by atoms with Gasteiger partial charge in [0.25, 0.3) is 0 Å². The smallest absolute Gasteiger partial charge is 0.243 e. The molecular formula is C16H27NO3S. The van der Waals surface area contributed by atoms with Gasteiger partial charge in [0.2, 0.25) is 10.0 Å². The van der Waals surface area contributed by atoms with E-state index < -0.39 is 10.0 Å². The molecule has 0 saturated carbocycles. The number of rotatable bonds is 8. The number of aliphatic hydroxyl groups excluding tert-OH is 1. The van der Waals surface area contributed by atoms with E-state index in [1.54, 1.807) is 29.4 Å². The van der Waals surface area contributed by atoms with Crippen molar-refractivity contribution >= 4 is 10.0 Å². The zero-order chi connectivity index (χ0) is 16.0. The number of nitrogens with zero attached hydrogens (tertiary/aromatic N) is 1. The van der Waals surface area contributed by atoms with Crippen LogP contribution < -0.4 is 0 Å². The van der Waals surface area contributed by atoms with Gasteiger partial charge in [0.1, 0.15) is 0 Å². The summed E-state index contributed by atoms with van der Waals surface area (Å²) in [5.74, 6) is 0.376. The number of aliphatic hydroxyl groups is 1. The maximum atomic E-state index is 12.9. The van der Waals surface area contributed by atoms with Crippen molar-refractivity contribution in [1.82, 2.24) is 4.31 Å². The van der Waals surface area contributed by atoms with E-state index in [1.807, 2.05) is 6.92 Å². The lowest BCUT2D eigenvalue weighted by atomic mass is 10.0. The summed E-state index contributed by atoms with van der Waals surface area (Å²) in [5, 5.41) is 9.32. The molecule has 0 unspecified atom stereocenters. The molecule has 0 aliphatic rings. The van der Waals surface area contributed by atoms with Crippen molar-refractivity contribution in [2.75, 3.05) is 13.1 Å². The van der Waals surface area contributed by atoms with Crippen LogP contribution in [-0.4, -0.2) is 30.9 Å². The minimum absolute atomic E-state index is 0.145. The first kappa shape index (κ1) is 18.1. The topological polar surface area (TPSA) is 57.6 Å². The Bertz CT molecular complexity index is 551. The highest BCUT2D eigenvalue weighted by atomic mass is 32.2. The van der Waals surface area contributed by atoms with Crippen molar-refractivity contribution in [2.24, 2.45) is 5.92 Å². The van der Waals surface area contributed by atoms with Crippen LogP contribution in [0.4, 0.5) is 0 Å². The Morgan fingerprint density at radius 2 is 1.81 bits per heavy atom. The first-order chi connectivity index (χ1) is 9.92. The second-order valence-electron chi connectivity index (χ2n) is 5.34. The van der Waals surface area contributed by atoms with Crippen molar-refractivity contribution in [3.8, 4) is 0 Å². The van der Waals surface area contributed by atoms with Gasteiger partial charge in [-0.25, -0.2) is 8.42 Å². The fourth-order valence-corrected chi connectivity index (χ4v) is 4.28. The van der Waals surface area contributed by atoms with E-state index in [1.165, 1.54) is 0 Å². The number of hydrogen-bond acceptors (Lipinski definition) is 3. The quantitative estimate of drug-likeness (QED) is 0.803. The van der Waals surface area contributed by atoms with Crippen LogP contribution in [0.5, 0.6) is 0 Å². The largest absolute Gasteiger partial charge is 0.392 e. The lowest BCUT2D eigenvalue weighted by Crippen LogP contribution is -2.35. The van der Waals surface area contributed by atoms with Crippen molar-refractivity contribution in [1.29, 1.82) is 0 Å². The predicted molar refractivity (Wildman–Crippen MR) is 85.6 cm³/mol. The lowest BCUT2D eigenvalue weighted by Gasteiger charge is -2.26. The third kappa shape index (κ3) is 4.05. The van der Waals surface area contributed by atoms with Crippen LogP contribution in [0.15, 0.2) is 23.1 Å². The van der Waals surface area contributed by atoms with E-state index in [0.717, 1.165) is 12.8 Å². The Morgan fingerprint density at radius 3 is 2.29 bits per heavy atom. The van der Waals surface area contributed by atoms with Crippen LogP contribution in [0.2, 0.25) is 0 Å². The molecule has 0 saturated heterocycles. The molecule has 0 heterocycles. The van der Waals surface area contributed by atoms with Gasteiger partial charge in [-0.05, 0) is 30.0 Å². The number of hydrogen-bond donors (Lipinski definition) is 1. The van der Waals surface area contributed by atoms with Crippen molar-refractivity contribution in [3.05, 3.63) is 29.3 Å². The van der Waals surface area contributed by atoms with E-state index in [9.17, 15) is 13.5 Å². The van der Waals surface area contributed by atoms with E-state index >= 15 is 0 Å². The summed E-state index contributed by atoms with van der Waals surface area (Å²) in [5.41, 5.74) is 1.30. The molecule has 0 aliphatic carbocycles. The normalized spacial score (nSPS) is 12.3. The molecule has 21 heavy (non-hydrogen) atoms. The average Bonchev–Trinajstić information content (AvgIpc) is 2.48. The van der Waals surface area contributed by atoms with E-state index in [2.05, 4.69) is 13.8 Å². The molecule has 120 valence electrons. The molecule has 1 rings (SSSR count). The van der Waals surface area contributed by atoms with Crippen molar-refractivity contribution in [2.45, 2.75) is 52.0 Å². The maximum absolute atomic E-state index is 12.9. The molecule has 0 spiro atoms. The number of sulfonamides is 1. The zero-order valence-corrected chi connectivity index (χ0v) is 14.3. The van der Waals surface area contributed by atoms with Gasteiger partial charge < -0.3 is 5.11 Å². The summed E-state index contributed by atoms with van der Waals surface area (Å²) in [7, 11) is -3.51. The highest BCUT2D eigenvalue weighted by Crippen LogP contribution is 2.24. The molecule has 0 radical (unpaired) electrons.